The predicted molar refractivity (Wildman–Crippen MR) is 117 cm³/mol. The Balaban J connectivity index is 1.68. The lowest BCUT2D eigenvalue weighted by atomic mass is 9.94. The minimum absolute atomic E-state index is 0.151. The molecule has 7 heteroatoms. The molecule has 0 aromatic heterocycles. The molecule has 166 valence electrons. The van der Waals surface area contributed by atoms with Crippen LogP contribution in [0.15, 0.2) is 24.3 Å². The van der Waals surface area contributed by atoms with Crippen molar-refractivity contribution < 1.29 is 14.0 Å². The summed E-state index contributed by atoms with van der Waals surface area (Å²) in [6.07, 6.45) is 3.24. The number of benzene rings is 1. The molecule has 2 heterocycles. The lowest BCUT2D eigenvalue weighted by Gasteiger charge is -2.45. The third-order valence-electron chi connectivity index (χ3n) is 6.38. The van der Waals surface area contributed by atoms with E-state index >= 15 is 0 Å². The molecule has 3 amide bonds. The molecule has 0 unspecified atom stereocenters. The van der Waals surface area contributed by atoms with Crippen molar-refractivity contribution >= 4 is 17.6 Å². The molecule has 2 N–H and O–H groups in total. The summed E-state index contributed by atoms with van der Waals surface area (Å²) in [5, 5.41) is 6.43. The summed E-state index contributed by atoms with van der Waals surface area (Å²) in [6.45, 7) is 10.4. The number of carbonyl (C=O) groups is 2. The second-order valence-electron chi connectivity index (χ2n) is 9.25. The fourth-order valence-corrected chi connectivity index (χ4v) is 4.46. The van der Waals surface area contributed by atoms with Gasteiger partial charge in [0, 0.05) is 38.2 Å². The summed E-state index contributed by atoms with van der Waals surface area (Å²) < 4.78 is 13.4. The van der Waals surface area contributed by atoms with Crippen LogP contribution in [0.3, 0.4) is 0 Å². The minimum atomic E-state index is -0.379. The van der Waals surface area contributed by atoms with Crippen LogP contribution in [-0.2, 0) is 4.79 Å². The largest absolute Gasteiger partial charge is 0.324 e. The number of amides is 3. The van der Waals surface area contributed by atoms with Gasteiger partial charge in [-0.05, 0) is 36.5 Å². The molecule has 1 aromatic carbocycles. The van der Waals surface area contributed by atoms with Gasteiger partial charge in [0.05, 0.1) is 11.7 Å². The molecule has 6 nitrogen and oxygen atoms in total. The van der Waals surface area contributed by atoms with Gasteiger partial charge in [0.15, 0.2) is 0 Å². The average molecular weight is 419 g/mol. The number of halogens is 1. The Morgan fingerprint density at radius 2 is 2.00 bits per heavy atom. The highest BCUT2D eigenvalue weighted by Crippen LogP contribution is 2.35. The van der Waals surface area contributed by atoms with E-state index in [0.29, 0.717) is 43.5 Å². The zero-order valence-electron chi connectivity index (χ0n) is 18.6. The van der Waals surface area contributed by atoms with Crippen LogP contribution in [0.2, 0.25) is 0 Å². The highest BCUT2D eigenvalue weighted by Gasteiger charge is 2.51. The van der Waals surface area contributed by atoms with Gasteiger partial charge in [-0.25, -0.2) is 9.18 Å². The lowest BCUT2D eigenvalue weighted by molar-refractivity contribution is -0.134. The predicted octanol–water partition coefficient (Wildman–Crippen LogP) is 4.04. The van der Waals surface area contributed by atoms with Crippen molar-refractivity contribution in [2.24, 2.45) is 11.8 Å². The Hall–Kier alpha value is -2.15. The van der Waals surface area contributed by atoms with Gasteiger partial charge in [0.2, 0.25) is 5.91 Å². The molecule has 3 rings (SSSR count). The SMILES string of the molecule is CC[C@@H](C)CN1C(=O)[C@@H](CC(C)C)NC12CCN(C(=O)Nc1cccc(F)c1)CC2. The van der Waals surface area contributed by atoms with Crippen molar-refractivity contribution in [2.45, 2.75) is 65.1 Å². The van der Waals surface area contributed by atoms with E-state index in [-0.39, 0.29) is 29.5 Å². The van der Waals surface area contributed by atoms with Crippen molar-refractivity contribution in [3.05, 3.63) is 30.1 Å². The first-order valence-electron chi connectivity index (χ1n) is 11.1. The number of nitrogens with zero attached hydrogens (tertiary/aromatic N) is 2. The second kappa shape index (κ2) is 9.33. The quantitative estimate of drug-likeness (QED) is 0.733. The van der Waals surface area contributed by atoms with Gasteiger partial charge in [-0.3, -0.25) is 10.1 Å². The van der Waals surface area contributed by atoms with Crippen molar-refractivity contribution in [3.63, 3.8) is 0 Å². The number of nitrogens with one attached hydrogen (secondary N) is 2. The molecular weight excluding hydrogens is 383 g/mol. The molecular formula is C23H35FN4O2. The summed E-state index contributed by atoms with van der Waals surface area (Å²) in [7, 11) is 0. The second-order valence-corrected chi connectivity index (χ2v) is 9.25. The number of rotatable bonds is 6. The van der Waals surface area contributed by atoms with Gasteiger partial charge in [0.25, 0.3) is 0 Å². The van der Waals surface area contributed by atoms with Crippen LogP contribution in [0.5, 0.6) is 0 Å². The average Bonchev–Trinajstić information content (AvgIpc) is 2.93. The molecule has 2 saturated heterocycles. The van der Waals surface area contributed by atoms with Crippen LogP contribution in [0.25, 0.3) is 0 Å². The van der Waals surface area contributed by atoms with Crippen molar-refractivity contribution in [1.29, 1.82) is 0 Å². The van der Waals surface area contributed by atoms with Gasteiger partial charge >= 0.3 is 6.03 Å². The van der Waals surface area contributed by atoms with E-state index in [9.17, 15) is 14.0 Å². The van der Waals surface area contributed by atoms with Gasteiger partial charge in [-0.1, -0.05) is 40.2 Å². The maximum Gasteiger partial charge on any atom is 0.321 e. The lowest BCUT2D eigenvalue weighted by Crippen LogP contribution is -2.60. The zero-order valence-corrected chi connectivity index (χ0v) is 18.6. The van der Waals surface area contributed by atoms with Gasteiger partial charge in [-0.15, -0.1) is 0 Å². The number of anilines is 1. The maximum absolute atomic E-state index is 13.4. The molecule has 0 bridgehead atoms. The van der Waals surface area contributed by atoms with Crippen LogP contribution in [0.1, 0.15) is 53.4 Å². The maximum atomic E-state index is 13.4. The Bertz CT molecular complexity index is 761. The van der Waals surface area contributed by atoms with Gasteiger partial charge < -0.3 is 15.1 Å². The van der Waals surface area contributed by atoms with Crippen LogP contribution < -0.4 is 10.6 Å². The molecule has 2 fully saturated rings. The van der Waals surface area contributed by atoms with Crippen LogP contribution in [0, 0.1) is 17.7 Å². The molecule has 2 aliphatic rings. The highest BCUT2D eigenvalue weighted by atomic mass is 19.1. The first kappa shape index (κ1) is 22.5. The number of urea groups is 1. The number of piperidine rings is 1. The summed E-state index contributed by atoms with van der Waals surface area (Å²) in [4.78, 5) is 29.6. The Kier molecular flexibility index (Phi) is 7.01. The molecule has 1 spiro atoms. The molecule has 1 aromatic rings. The number of likely N-dealkylation sites (tertiary alicyclic amines) is 1. The zero-order chi connectivity index (χ0) is 21.9. The first-order valence-corrected chi connectivity index (χ1v) is 11.1. The van der Waals surface area contributed by atoms with Gasteiger partial charge in [0.1, 0.15) is 5.82 Å². The molecule has 2 aliphatic heterocycles. The van der Waals surface area contributed by atoms with Crippen molar-refractivity contribution in [2.75, 3.05) is 25.0 Å². The molecule has 0 radical (unpaired) electrons. The van der Waals surface area contributed by atoms with E-state index in [1.807, 2.05) is 0 Å². The summed E-state index contributed by atoms with van der Waals surface area (Å²) in [6, 6.07) is 5.53. The number of carbonyl (C=O) groups excluding carboxylic acids is 2. The fourth-order valence-electron chi connectivity index (χ4n) is 4.46. The smallest absolute Gasteiger partial charge is 0.321 e. The topological polar surface area (TPSA) is 64.7 Å². The highest BCUT2D eigenvalue weighted by molar-refractivity contribution is 5.89. The van der Waals surface area contributed by atoms with Crippen LogP contribution >= 0.6 is 0 Å². The standard InChI is InChI=1S/C23H35FN4O2/c1-5-17(4)15-28-21(29)20(13-16(2)3)26-23(28)9-11-27(12-10-23)22(30)25-19-8-6-7-18(24)14-19/h6-8,14,16-17,20,26H,5,9-13,15H2,1-4H3,(H,25,30)/t17-,20-/m1/s1. The van der Waals surface area contributed by atoms with Crippen molar-refractivity contribution in [1.82, 2.24) is 15.1 Å². The van der Waals surface area contributed by atoms with E-state index in [1.165, 1.54) is 12.1 Å². The van der Waals surface area contributed by atoms with E-state index in [4.69, 9.17) is 0 Å². The number of hydrogen-bond donors (Lipinski definition) is 2. The normalized spacial score (nSPS) is 22.1. The summed E-state index contributed by atoms with van der Waals surface area (Å²) in [5.41, 5.74) is 0.0697. The third-order valence-corrected chi connectivity index (χ3v) is 6.38. The van der Waals surface area contributed by atoms with Crippen molar-refractivity contribution in [3.8, 4) is 0 Å². The van der Waals surface area contributed by atoms with E-state index < -0.39 is 0 Å². The molecule has 30 heavy (non-hydrogen) atoms. The van der Waals surface area contributed by atoms with E-state index in [0.717, 1.165) is 19.4 Å². The monoisotopic (exact) mass is 418 g/mol. The molecule has 0 aliphatic carbocycles. The Morgan fingerprint density at radius 1 is 1.30 bits per heavy atom. The summed E-state index contributed by atoms with van der Waals surface area (Å²) >= 11 is 0. The molecule has 2 atom stereocenters. The third kappa shape index (κ3) is 4.94. The van der Waals surface area contributed by atoms with E-state index in [2.05, 4.69) is 43.2 Å². The molecule has 0 saturated carbocycles. The fraction of sp³-hybridized carbons (Fsp3) is 0.652. The van der Waals surface area contributed by atoms with Gasteiger partial charge in [-0.2, -0.15) is 0 Å². The number of hydrogen-bond acceptors (Lipinski definition) is 3. The first-order chi connectivity index (χ1) is 14.2. The summed E-state index contributed by atoms with van der Waals surface area (Å²) in [5.74, 6) is 0.682. The van der Waals surface area contributed by atoms with Crippen LogP contribution in [0.4, 0.5) is 14.9 Å². The van der Waals surface area contributed by atoms with Crippen LogP contribution in [-0.4, -0.2) is 53.1 Å². The minimum Gasteiger partial charge on any atom is -0.324 e. The van der Waals surface area contributed by atoms with E-state index in [1.54, 1.807) is 17.0 Å². The Morgan fingerprint density at radius 3 is 2.60 bits per heavy atom. The Labute approximate surface area is 179 Å².